The van der Waals surface area contributed by atoms with Gasteiger partial charge in [0.2, 0.25) is 5.91 Å². The molecule has 1 amide bonds. The van der Waals surface area contributed by atoms with Crippen LogP contribution in [0, 0.1) is 16.0 Å². The van der Waals surface area contributed by atoms with E-state index in [4.69, 9.17) is 0 Å². The maximum atomic E-state index is 12.4. The molecule has 3 aromatic rings. The second-order valence-corrected chi connectivity index (χ2v) is 5.97. The predicted molar refractivity (Wildman–Crippen MR) is 94.4 cm³/mol. The molecule has 1 N–H and O–H groups in total. The first-order chi connectivity index (χ1) is 12.5. The summed E-state index contributed by atoms with van der Waals surface area (Å²) in [6.45, 7) is 2.62. The van der Waals surface area contributed by atoms with Crippen LogP contribution in [0.15, 0.2) is 55.1 Å². The topological polar surface area (TPSA) is 108 Å². The Kier molecular flexibility index (Phi) is 5.07. The molecule has 0 aliphatic heterocycles. The lowest BCUT2D eigenvalue weighted by Gasteiger charge is -2.13. The highest BCUT2D eigenvalue weighted by molar-refractivity contribution is 5.92. The molecule has 1 unspecified atom stereocenters. The van der Waals surface area contributed by atoms with Crippen molar-refractivity contribution in [2.75, 3.05) is 5.32 Å². The number of nitro groups is 1. The van der Waals surface area contributed by atoms with Crippen molar-refractivity contribution < 1.29 is 9.72 Å². The predicted octanol–water partition coefficient (Wildman–Crippen LogP) is 2.31. The van der Waals surface area contributed by atoms with Crippen molar-refractivity contribution >= 4 is 17.3 Å². The van der Waals surface area contributed by atoms with Crippen LogP contribution in [0.4, 0.5) is 11.4 Å². The van der Waals surface area contributed by atoms with Crippen molar-refractivity contribution in [3.05, 3.63) is 70.8 Å². The van der Waals surface area contributed by atoms with Gasteiger partial charge in [0, 0.05) is 18.1 Å². The zero-order valence-corrected chi connectivity index (χ0v) is 14.1. The molecule has 0 aliphatic carbocycles. The van der Waals surface area contributed by atoms with Gasteiger partial charge in [0.25, 0.3) is 0 Å². The lowest BCUT2D eigenvalue weighted by Crippen LogP contribution is -2.24. The van der Waals surface area contributed by atoms with Crippen LogP contribution >= 0.6 is 0 Å². The van der Waals surface area contributed by atoms with Crippen LogP contribution in [0.5, 0.6) is 0 Å². The Balaban J connectivity index is 1.60. The number of nitrogens with zero attached hydrogens (tertiary/aromatic N) is 5. The van der Waals surface area contributed by atoms with Crippen molar-refractivity contribution in [3.63, 3.8) is 0 Å². The monoisotopic (exact) mass is 354 g/mol. The van der Waals surface area contributed by atoms with Crippen LogP contribution in [0.25, 0.3) is 0 Å². The third-order valence-corrected chi connectivity index (χ3v) is 3.84. The second kappa shape index (κ2) is 7.60. The summed E-state index contributed by atoms with van der Waals surface area (Å²) in [4.78, 5) is 22.6. The van der Waals surface area contributed by atoms with Crippen molar-refractivity contribution in [1.29, 1.82) is 0 Å². The van der Waals surface area contributed by atoms with Gasteiger partial charge in [-0.3, -0.25) is 24.3 Å². The van der Waals surface area contributed by atoms with Crippen molar-refractivity contribution in [1.82, 2.24) is 19.6 Å². The smallest absolute Gasteiger partial charge is 0.306 e. The fourth-order valence-electron chi connectivity index (χ4n) is 2.50. The van der Waals surface area contributed by atoms with E-state index in [-0.39, 0.29) is 18.1 Å². The number of carbonyl (C=O) groups excluding carboxylic acids is 1. The van der Waals surface area contributed by atoms with Gasteiger partial charge >= 0.3 is 5.69 Å². The fraction of sp³-hybridized carbons (Fsp3) is 0.235. The fourth-order valence-corrected chi connectivity index (χ4v) is 2.50. The van der Waals surface area contributed by atoms with E-state index in [0.717, 1.165) is 5.56 Å². The number of benzene rings is 1. The Morgan fingerprint density at radius 1 is 1.31 bits per heavy atom. The molecule has 0 bridgehead atoms. The molecular weight excluding hydrogens is 336 g/mol. The summed E-state index contributed by atoms with van der Waals surface area (Å²) in [5.74, 6) is -0.580. The van der Waals surface area contributed by atoms with E-state index in [1.165, 1.54) is 17.1 Å². The number of nitrogens with one attached hydrogen (secondary N) is 1. The summed E-state index contributed by atoms with van der Waals surface area (Å²) in [6.07, 6.45) is 6.07. The highest BCUT2D eigenvalue weighted by Crippen LogP contribution is 2.14. The van der Waals surface area contributed by atoms with Crippen molar-refractivity contribution in [3.8, 4) is 0 Å². The molecule has 2 heterocycles. The SMILES string of the molecule is CC(Cn1cc([N+](=O)[O-])cn1)C(=O)Nc1cccc(Cn2cccn2)c1. The third kappa shape index (κ3) is 4.32. The summed E-state index contributed by atoms with van der Waals surface area (Å²) in [5, 5.41) is 21.6. The molecule has 26 heavy (non-hydrogen) atoms. The van der Waals surface area contributed by atoms with Gasteiger partial charge in [0.15, 0.2) is 0 Å². The van der Waals surface area contributed by atoms with Crippen molar-refractivity contribution in [2.24, 2.45) is 5.92 Å². The highest BCUT2D eigenvalue weighted by Gasteiger charge is 2.16. The molecule has 0 saturated carbocycles. The van der Waals surface area contributed by atoms with Crippen molar-refractivity contribution in [2.45, 2.75) is 20.0 Å². The Hall–Kier alpha value is -3.49. The van der Waals surface area contributed by atoms with Gasteiger partial charge in [0.05, 0.1) is 23.9 Å². The minimum Gasteiger partial charge on any atom is -0.326 e. The van der Waals surface area contributed by atoms with E-state index in [1.807, 2.05) is 36.5 Å². The standard InChI is InChI=1S/C17H18N6O3/c1-13(10-22-12-16(9-19-22)23(25)26)17(24)20-15-5-2-4-14(8-15)11-21-7-3-6-18-21/h2-9,12-13H,10-11H2,1H3,(H,20,24). The zero-order chi connectivity index (χ0) is 18.5. The number of amides is 1. The van der Waals surface area contributed by atoms with Crippen LogP contribution in [0.1, 0.15) is 12.5 Å². The van der Waals surface area contributed by atoms with E-state index in [1.54, 1.807) is 17.8 Å². The number of anilines is 1. The second-order valence-electron chi connectivity index (χ2n) is 5.97. The molecule has 0 radical (unpaired) electrons. The van der Waals surface area contributed by atoms with Gasteiger partial charge < -0.3 is 5.32 Å². The van der Waals surface area contributed by atoms with Gasteiger partial charge in [-0.1, -0.05) is 19.1 Å². The quantitative estimate of drug-likeness (QED) is 0.517. The molecule has 9 nitrogen and oxygen atoms in total. The minimum absolute atomic E-state index is 0.0936. The Bertz CT molecular complexity index is 903. The molecule has 2 aromatic heterocycles. The van der Waals surface area contributed by atoms with E-state index in [2.05, 4.69) is 15.5 Å². The third-order valence-electron chi connectivity index (χ3n) is 3.84. The van der Waals surface area contributed by atoms with Crippen LogP contribution in [0.3, 0.4) is 0 Å². The van der Waals surface area contributed by atoms with Gasteiger partial charge in [-0.05, 0) is 23.8 Å². The first kappa shape index (κ1) is 17.3. The normalized spacial score (nSPS) is 11.9. The zero-order valence-electron chi connectivity index (χ0n) is 14.1. The van der Waals surface area contributed by atoms with E-state index in [9.17, 15) is 14.9 Å². The summed E-state index contributed by atoms with van der Waals surface area (Å²) in [6, 6.07) is 9.40. The maximum absolute atomic E-state index is 12.4. The number of hydrogen-bond donors (Lipinski definition) is 1. The van der Waals surface area contributed by atoms with Crippen LogP contribution < -0.4 is 5.32 Å². The molecule has 0 fully saturated rings. The Morgan fingerprint density at radius 2 is 2.15 bits per heavy atom. The molecular formula is C17H18N6O3. The first-order valence-electron chi connectivity index (χ1n) is 8.05. The van der Waals surface area contributed by atoms with Crippen LogP contribution in [-0.4, -0.2) is 30.4 Å². The minimum atomic E-state index is -0.515. The number of hydrogen-bond acceptors (Lipinski definition) is 5. The van der Waals surface area contributed by atoms with Gasteiger partial charge in [-0.2, -0.15) is 10.2 Å². The first-order valence-corrected chi connectivity index (χ1v) is 8.05. The summed E-state index contributed by atoms with van der Waals surface area (Å²) in [7, 11) is 0. The van der Waals surface area contributed by atoms with Crippen LogP contribution in [-0.2, 0) is 17.9 Å². The molecule has 9 heteroatoms. The molecule has 0 spiro atoms. The average molecular weight is 354 g/mol. The molecule has 134 valence electrons. The maximum Gasteiger partial charge on any atom is 0.306 e. The average Bonchev–Trinajstić information content (AvgIpc) is 3.27. The summed E-state index contributed by atoms with van der Waals surface area (Å²) in [5.41, 5.74) is 1.61. The van der Waals surface area contributed by atoms with E-state index >= 15 is 0 Å². The summed E-state index contributed by atoms with van der Waals surface area (Å²) >= 11 is 0. The van der Waals surface area contributed by atoms with E-state index in [0.29, 0.717) is 12.2 Å². The summed E-state index contributed by atoms with van der Waals surface area (Å²) < 4.78 is 3.20. The van der Waals surface area contributed by atoms with Crippen LogP contribution in [0.2, 0.25) is 0 Å². The van der Waals surface area contributed by atoms with E-state index < -0.39 is 10.8 Å². The molecule has 1 aromatic carbocycles. The van der Waals surface area contributed by atoms with Gasteiger partial charge in [-0.25, -0.2) is 0 Å². The van der Waals surface area contributed by atoms with Gasteiger partial charge in [-0.15, -0.1) is 0 Å². The largest absolute Gasteiger partial charge is 0.326 e. The molecule has 0 aliphatic rings. The highest BCUT2D eigenvalue weighted by atomic mass is 16.6. The lowest BCUT2D eigenvalue weighted by molar-refractivity contribution is -0.385. The number of rotatable bonds is 7. The Morgan fingerprint density at radius 3 is 2.85 bits per heavy atom. The molecule has 3 rings (SSSR count). The van der Waals surface area contributed by atoms with Gasteiger partial charge in [0.1, 0.15) is 12.4 Å². The molecule has 1 atom stereocenters. The number of aromatic nitrogens is 4. The lowest BCUT2D eigenvalue weighted by atomic mass is 10.1. The number of carbonyl (C=O) groups is 1. The Labute approximate surface area is 149 Å². The molecule has 0 saturated heterocycles.